The molecule has 1 aliphatic carbocycles. The monoisotopic (exact) mass is 461 g/mol. The van der Waals surface area contributed by atoms with Crippen LogP contribution in [0.3, 0.4) is 0 Å². The highest BCUT2D eigenvalue weighted by molar-refractivity contribution is 5.92. The van der Waals surface area contributed by atoms with Crippen LogP contribution < -0.4 is 9.64 Å². The fourth-order valence-electron chi connectivity index (χ4n) is 5.05. The van der Waals surface area contributed by atoms with E-state index in [2.05, 4.69) is 9.80 Å². The number of carbonyl (C=O) groups is 1. The Morgan fingerprint density at radius 3 is 2.65 bits per heavy atom. The minimum atomic E-state index is 0.0272. The molecule has 0 bridgehead atoms. The highest BCUT2D eigenvalue weighted by Gasteiger charge is 2.29. The van der Waals surface area contributed by atoms with E-state index in [4.69, 9.17) is 14.7 Å². The van der Waals surface area contributed by atoms with E-state index in [1.54, 1.807) is 6.08 Å². The van der Waals surface area contributed by atoms with E-state index in [9.17, 15) is 4.79 Å². The number of fused-ring (bicyclic) bond motifs is 1. The van der Waals surface area contributed by atoms with Gasteiger partial charge in [0.05, 0.1) is 12.3 Å². The third-order valence-electron chi connectivity index (χ3n) is 7.34. The molecule has 1 aromatic heterocycles. The molecular weight excluding hydrogens is 426 g/mol. The first-order valence-corrected chi connectivity index (χ1v) is 12.7. The quantitative estimate of drug-likeness (QED) is 0.616. The molecule has 0 radical (unpaired) electrons. The van der Waals surface area contributed by atoms with Crippen LogP contribution in [0.1, 0.15) is 43.0 Å². The van der Waals surface area contributed by atoms with Crippen molar-refractivity contribution in [3.05, 3.63) is 53.4 Å². The summed E-state index contributed by atoms with van der Waals surface area (Å²) < 4.78 is 5.67. The Hall–Kier alpha value is -2.93. The Morgan fingerprint density at radius 2 is 1.88 bits per heavy atom. The van der Waals surface area contributed by atoms with Crippen LogP contribution in [-0.2, 0) is 17.6 Å². The summed E-state index contributed by atoms with van der Waals surface area (Å²) in [5, 5.41) is 0. The number of hydrogen-bond donors (Lipinski definition) is 0. The molecule has 0 atom stereocenters. The molecule has 2 aromatic rings. The number of ether oxygens (including phenoxy) is 1. The molecule has 0 spiro atoms. The maximum Gasteiger partial charge on any atom is 0.246 e. The van der Waals surface area contributed by atoms with Gasteiger partial charge in [0, 0.05) is 69.6 Å². The molecule has 2 aliphatic heterocycles. The van der Waals surface area contributed by atoms with Crippen LogP contribution in [0.2, 0.25) is 0 Å². The molecule has 7 nitrogen and oxygen atoms in total. The minimum absolute atomic E-state index is 0.0272. The molecule has 0 unspecified atom stereocenters. The second-order valence-corrected chi connectivity index (χ2v) is 9.38. The SMILES string of the molecule is CCOc1ccccc1/C=C/C(=O)N1CCc2cnc(N3CCN(C4CCC4)CC3)nc2CC1. The highest BCUT2D eigenvalue weighted by Crippen LogP contribution is 2.26. The standard InChI is InChI=1S/C27H35N5O2/c1-2-34-25-9-4-3-6-21(25)10-11-26(33)31-14-12-22-20-28-27(29-24(22)13-15-31)32-18-16-30(17-19-32)23-7-5-8-23/h3-4,6,9-11,20,23H,2,5,7-8,12-19H2,1H3/b11-10+. The lowest BCUT2D eigenvalue weighted by Crippen LogP contribution is -2.52. The van der Waals surface area contributed by atoms with Crippen molar-refractivity contribution >= 4 is 17.9 Å². The maximum absolute atomic E-state index is 12.9. The number of anilines is 1. The molecule has 1 saturated heterocycles. The van der Waals surface area contributed by atoms with Crippen molar-refractivity contribution in [2.75, 3.05) is 50.8 Å². The molecule has 3 heterocycles. The van der Waals surface area contributed by atoms with Gasteiger partial charge in [0.1, 0.15) is 5.75 Å². The maximum atomic E-state index is 12.9. The lowest BCUT2D eigenvalue weighted by atomic mass is 9.91. The van der Waals surface area contributed by atoms with E-state index in [0.29, 0.717) is 19.7 Å². The van der Waals surface area contributed by atoms with Crippen LogP contribution in [0.15, 0.2) is 36.5 Å². The predicted molar refractivity (Wildman–Crippen MR) is 134 cm³/mol. The van der Waals surface area contributed by atoms with Gasteiger partial charge in [0.25, 0.3) is 0 Å². The van der Waals surface area contributed by atoms with E-state index in [1.807, 2.05) is 48.4 Å². The van der Waals surface area contributed by atoms with Gasteiger partial charge in [0.15, 0.2) is 0 Å². The average Bonchev–Trinajstić information content (AvgIpc) is 3.05. The summed E-state index contributed by atoms with van der Waals surface area (Å²) in [5.41, 5.74) is 3.17. The lowest BCUT2D eigenvalue weighted by Gasteiger charge is -2.43. The normalized spacial score (nSPS) is 19.6. The van der Waals surface area contributed by atoms with Gasteiger partial charge in [-0.1, -0.05) is 24.6 Å². The summed E-state index contributed by atoms with van der Waals surface area (Å²) in [6.45, 7) is 8.12. The molecule has 1 amide bonds. The van der Waals surface area contributed by atoms with Gasteiger partial charge in [-0.3, -0.25) is 9.69 Å². The number of rotatable bonds is 6. The first kappa shape index (κ1) is 22.8. The fourth-order valence-corrected chi connectivity index (χ4v) is 5.05. The average molecular weight is 462 g/mol. The number of amides is 1. The Balaban J connectivity index is 1.19. The summed E-state index contributed by atoms with van der Waals surface area (Å²) in [5.74, 6) is 1.67. The van der Waals surface area contributed by atoms with Crippen molar-refractivity contribution in [1.82, 2.24) is 19.8 Å². The lowest BCUT2D eigenvalue weighted by molar-refractivity contribution is -0.125. The molecule has 3 aliphatic rings. The molecule has 5 rings (SSSR count). The third-order valence-corrected chi connectivity index (χ3v) is 7.34. The number of benzene rings is 1. The molecule has 1 aromatic carbocycles. The number of carbonyl (C=O) groups excluding carboxylic acids is 1. The highest BCUT2D eigenvalue weighted by atomic mass is 16.5. The van der Waals surface area contributed by atoms with Gasteiger partial charge in [-0.25, -0.2) is 9.97 Å². The van der Waals surface area contributed by atoms with Gasteiger partial charge in [0.2, 0.25) is 11.9 Å². The number of piperazine rings is 1. The number of para-hydroxylation sites is 1. The number of hydrogen-bond acceptors (Lipinski definition) is 6. The van der Waals surface area contributed by atoms with E-state index >= 15 is 0 Å². The van der Waals surface area contributed by atoms with E-state index in [0.717, 1.165) is 73.6 Å². The van der Waals surface area contributed by atoms with Crippen molar-refractivity contribution in [2.24, 2.45) is 0 Å². The summed E-state index contributed by atoms with van der Waals surface area (Å²) in [6, 6.07) is 8.61. The zero-order valence-electron chi connectivity index (χ0n) is 20.2. The first-order valence-electron chi connectivity index (χ1n) is 12.7. The van der Waals surface area contributed by atoms with Crippen molar-refractivity contribution < 1.29 is 9.53 Å². The minimum Gasteiger partial charge on any atom is -0.493 e. The predicted octanol–water partition coefficient (Wildman–Crippen LogP) is 3.19. The summed E-state index contributed by atoms with van der Waals surface area (Å²) >= 11 is 0. The Bertz CT molecular complexity index is 1030. The van der Waals surface area contributed by atoms with Gasteiger partial charge in [-0.05, 0) is 43.9 Å². The first-order chi connectivity index (χ1) is 16.7. The van der Waals surface area contributed by atoms with Gasteiger partial charge in [-0.15, -0.1) is 0 Å². The molecule has 0 N–H and O–H groups in total. The molecule has 180 valence electrons. The second kappa shape index (κ2) is 10.6. The van der Waals surface area contributed by atoms with Crippen molar-refractivity contribution in [1.29, 1.82) is 0 Å². The van der Waals surface area contributed by atoms with Crippen LogP contribution in [0.5, 0.6) is 5.75 Å². The smallest absolute Gasteiger partial charge is 0.246 e. The number of aromatic nitrogens is 2. The molecule has 34 heavy (non-hydrogen) atoms. The van der Waals surface area contributed by atoms with E-state index in [1.165, 1.54) is 19.3 Å². The fraction of sp³-hybridized carbons (Fsp3) is 0.519. The Morgan fingerprint density at radius 1 is 1.09 bits per heavy atom. The third kappa shape index (κ3) is 5.09. The van der Waals surface area contributed by atoms with Crippen molar-refractivity contribution in [2.45, 2.75) is 45.1 Å². The van der Waals surface area contributed by atoms with Crippen LogP contribution in [-0.4, -0.2) is 77.6 Å². The molecular formula is C27H35N5O2. The second-order valence-electron chi connectivity index (χ2n) is 9.38. The van der Waals surface area contributed by atoms with Crippen molar-refractivity contribution in [3.63, 3.8) is 0 Å². The van der Waals surface area contributed by atoms with Crippen LogP contribution in [0, 0.1) is 0 Å². The summed E-state index contributed by atoms with van der Waals surface area (Å²) in [4.78, 5) is 29.4. The molecule has 2 fully saturated rings. The van der Waals surface area contributed by atoms with E-state index < -0.39 is 0 Å². The molecule has 1 saturated carbocycles. The van der Waals surface area contributed by atoms with Gasteiger partial charge in [-0.2, -0.15) is 0 Å². The topological polar surface area (TPSA) is 61.8 Å². The van der Waals surface area contributed by atoms with Crippen molar-refractivity contribution in [3.8, 4) is 5.75 Å². The van der Waals surface area contributed by atoms with Gasteiger partial charge < -0.3 is 14.5 Å². The zero-order valence-corrected chi connectivity index (χ0v) is 20.2. The number of nitrogens with zero attached hydrogens (tertiary/aromatic N) is 5. The largest absolute Gasteiger partial charge is 0.493 e. The molecule has 7 heteroatoms. The van der Waals surface area contributed by atoms with Gasteiger partial charge >= 0.3 is 0 Å². The summed E-state index contributed by atoms with van der Waals surface area (Å²) in [7, 11) is 0. The Labute approximate surface area is 202 Å². The van der Waals surface area contributed by atoms with Crippen LogP contribution >= 0.6 is 0 Å². The zero-order chi connectivity index (χ0) is 23.3. The Kier molecular flexibility index (Phi) is 7.09. The van der Waals surface area contributed by atoms with E-state index in [-0.39, 0.29) is 5.91 Å². The van der Waals surface area contributed by atoms with Crippen LogP contribution in [0.4, 0.5) is 5.95 Å². The van der Waals surface area contributed by atoms with Crippen LogP contribution in [0.25, 0.3) is 6.08 Å². The summed E-state index contributed by atoms with van der Waals surface area (Å²) in [6.07, 6.45) is 11.2.